The highest BCUT2D eigenvalue weighted by Gasteiger charge is 2.16. The third-order valence-electron chi connectivity index (χ3n) is 3.43. The van der Waals surface area contributed by atoms with Crippen LogP contribution in [0, 0.1) is 13.8 Å². The maximum absolute atomic E-state index is 12.0. The van der Waals surface area contributed by atoms with E-state index >= 15 is 0 Å². The summed E-state index contributed by atoms with van der Waals surface area (Å²) >= 11 is 0. The smallest absolute Gasteiger partial charge is 0.338 e. The summed E-state index contributed by atoms with van der Waals surface area (Å²) in [6, 6.07) is 6.92. The summed E-state index contributed by atoms with van der Waals surface area (Å²) in [7, 11) is 0. The van der Waals surface area contributed by atoms with Gasteiger partial charge in [-0.1, -0.05) is 0 Å². The Morgan fingerprint density at radius 3 is 2.71 bits per heavy atom. The molecule has 1 aliphatic heterocycles. The molecular weight excluding hydrogens is 310 g/mol. The van der Waals surface area contributed by atoms with Crippen LogP contribution in [0.15, 0.2) is 24.3 Å². The average molecular weight is 329 g/mol. The SMILES string of the molecule is Cc1cc(C)nc(NCCCOC(=O)c2ccc3c(c2)OCO3)n1. The minimum absolute atomic E-state index is 0.181. The van der Waals surface area contributed by atoms with E-state index in [2.05, 4.69) is 15.3 Å². The van der Waals surface area contributed by atoms with Crippen LogP contribution in [0.2, 0.25) is 0 Å². The molecule has 0 saturated heterocycles. The number of carbonyl (C=O) groups is 1. The highest BCUT2D eigenvalue weighted by molar-refractivity contribution is 5.90. The van der Waals surface area contributed by atoms with Gasteiger partial charge in [0, 0.05) is 17.9 Å². The minimum Gasteiger partial charge on any atom is -0.462 e. The van der Waals surface area contributed by atoms with Gasteiger partial charge in [-0.15, -0.1) is 0 Å². The van der Waals surface area contributed by atoms with Gasteiger partial charge in [0.25, 0.3) is 0 Å². The van der Waals surface area contributed by atoms with Gasteiger partial charge in [-0.05, 0) is 44.5 Å². The van der Waals surface area contributed by atoms with E-state index in [4.69, 9.17) is 14.2 Å². The number of nitrogens with zero attached hydrogens (tertiary/aromatic N) is 2. The molecule has 0 bridgehead atoms. The van der Waals surface area contributed by atoms with Gasteiger partial charge in [-0.25, -0.2) is 14.8 Å². The Morgan fingerprint density at radius 2 is 1.92 bits per heavy atom. The van der Waals surface area contributed by atoms with Gasteiger partial charge >= 0.3 is 5.97 Å². The van der Waals surface area contributed by atoms with Crippen LogP contribution in [0.1, 0.15) is 28.2 Å². The molecule has 1 aliphatic rings. The van der Waals surface area contributed by atoms with Crippen LogP contribution in [0.5, 0.6) is 11.5 Å². The summed E-state index contributed by atoms with van der Waals surface area (Å²) in [5, 5.41) is 3.12. The molecule has 0 spiro atoms. The van der Waals surface area contributed by atoms with Gasteiger partial charge in [-0.3, -0.25) is 0 Å². The summed E-state index contributed by atoms with van der Waals surface area (Å²) in [4.78, 5) is 20.6. The number of hydrogen-bond donors (Lipinski definition) is 1. The molecule has 1 aromatic heterocycles. The van der Waals surface area contributed by atoms with Crippen molar-refractivity contribution >= 4 is 11.9 Å². The van der Waals surface area contributed by atoms with E-state index in [0.717, 1.165) is 11.4 Å². The molecular formula is C17H19N3O4. The topological polar surface area (TPSA) is 82.6 Å². The van der Waals surface area contributed by atoms with Crippen LogP contribution >= 0.6 is 0 Å². The number of carbonyl (C=O) groups excluding carboxylic acids is 1. The molecule has 2 heterocycles. The summed E-state index contributed by atoms with van der Waals surface area (Å²) in [5.74, 6) is 1.42. The van der Waals surface area contributed by atoms with Crippen LogP contribution in [0.4, 0.5) is 5.95 Å². The second-order valence-corrected chi connectivity index (χ2v) is 5.46. The van der Waals surface area contributed by atoms with Gasteiger partial charge in [0.1, 0.15) is 0 Å². The Morgan fingerprint density at radius 1 is 1.17 bits per heavy atom. The predicted octanol–water partition coefficient (Wildman–Crippen LogP) is 2.48. The summed E-state index contributed by atoms with van der Waals surface area (Å²) < 4.78 is 15.7. The molecule has 0 aliphatic carbocycles. The largest absolute Gasteiger partial charge is 0.462 e. The zero-order chi connectivity index (χ0) is 16.9. The second-order valence-electron chi connectivity index (χ2n) is 5.46. The molecule has 0 atom stereocenters. The van der Waals surface area contributed by atoms with E-state index in [0.29, 0.717) is 42.6 Å². The van der Waals surface area contributed by atoms with Crippen LogP contribution in [0.3, 0.4) is 0 Å². The van der Waals surface area contributed by atoms with E-state index < -0.39 is 0 Å². The fraction of sp³-hybridized carbons (Fsp3) is 0.353. The number of nitrogens with one attached hydrogen (secondary N) is 1. The van der Waals surface area contributed by atoms with E-state index in [-0.39, 0.29) is 12.8 Å². The lowest BCUT2D eigenvalue weighted by molar-refractivity contribution is 0.0503. The quantitative estimate of drug-likeness (QED) is 0.644. The number of aromatic nitrogens is 2. The van der Waals surface area contributed by atoms with Crippen molar-refractivity contribution < 1.29 is 19.0 Å². The molecule has 0 unspecified atom stereocenters. The lowest BCUT2D eigenvalue weighted by Gasteiger charge is -2.08. The number of aryl methyl sites for hydroxylation is 2. The molecule has 1 aromatic carbocycles. The zero-order valence-corrected chi connectivity index (χ0v) is 13.7. The van der Waals surface area contributed by atoms with Crippen LogP contribution in [0.25, 0.3) is 0 Å². The fourth-order valence-corrected chi connectivity index (χ4v) is 2.35. The lowest BCUT2D eigenvalue weighted by atomic mass is 10.2. The van der Waals surface area contributed by atoms with E-state index in [1.54, 1.807) is 18.2 Å². The first-order valence-electron chi connectivity index (χ1n) is 7.75. The van der Waals surface area contributed by atoms with E-state index in [1.807, 2.05) is 19.9 Å². The van der Waals surface area contributed by atoms with Crippen molar-refractivity contribution in [1.29, 1.82) is 0 Å². The van der Waals surface area contributed by atoms with Crippen LogP contribution < -0.4 is 14.8 Å². The first-order valence-corrected chi connectivity index (χ1v) is 7.75. The Bertz CT molecular complexity index is 728. The molecule has 7 nitrogen and oxygen atoms in total. The highest BCUT2D eigenvalue weighted by Crippen LogP contribution is 2.32. The number of anilines is 1. The molecule has 7 heteroatoms. The summed E-state index contributed by atoms with van der Waals surface area (Å²) in [5.41, 5.74) is 2.28. The number of benzene rings is 1. The maximum atomic E-state index is 12.0. The van der Waals surface area contributed by atoms with Gasteiger partial charge < -0.3 is 19.5 Å². The predicted molar refractivity (Wildman–Crippen MR) is 87.5 cm³/mol. The third-order valence-corrected chi connectivity index (χ3v) is 3.43. The maximum Gasteiger partial charge on any atom is 0.338 e. The Labute approximate surface area is 140 Å². The zero-order valence-electron chi connectivity index (χ0n) is 13.7. The number of ether oxygens (including phenoxy) is 3. The number of esters is 1. The average Bonchev–Trinajstić information content (AvgIpc) is 3.01. The minimum atomic E-state index is -0.379. The highest BCUT2D eigenvalue weighted by atomic mass is 16.7. The van der Waals surface area contributed by atoms with Crippen LogP contribution in [-0.4, -0.2) is 35.9 Å². The molecule has 3 rings (SSSR count). The van der Waals surface area contributed by atoms with Gasteiger partial charge in [0.15, 0.2) is 11.5 Å². The van der Waals surface area contributed by atoms with E-state index in [1.165, 1.54) is 0 Å². The lowest BCUT2D eigenvalue weighted by Crippen LogP contribution is -2.12. The Hall–Kier alpha value is -2.83. The van der Waals surface area contributed by atoms with Gasteiger partial charge in [-0.2, -0.15) is 0 Å². The second kappa shape index (κ2) is 7.16. The number of fused-ring (bicyclic) bond motifs is 1. The molecule has 0 saturated carbocycles. The van der Waals surface area contributed by atoms with Crippen molar-refractivity contribution in [2.75, 3.05) is 25.3 Å². The fourth-order valence-electron chi connectivity index (χ4n) is 2.35. The molecule has 0 amide bonds. The molecule has 0 fully saturated rings. The summed E-state index contributed by atoms with van der Waals surface area (Å²) in [6.45, 7) is 4.96. The molecule has 126 valence electrons. The number of hydrogen-bond acceptors (Lipinski definition) is 7. The summed E-state index contributed by atoms with van der Waals surface area (Å²) in [6.07, 6.45) is 0.659. The van der Waals surface area contributed by atoms with Crippen molar-refractivity contribution in [2.45, 2.75) is 20.3 Å². The van der Waals surface area contributed by atoms with Gasteiger partial charge in [0.05, 0.1) is 12.2 Å². The Balaban J connectivity index is 1.42. The molecule has 2 aromatic rings. The van der Waals surface area contributed by atoms with Crippen molar-refractivity contribution in [3.05, 3.63) is 41.2 Å². The molecule has 0 radical (unpaired) electrons. The Kier molecular flexibility index (Phi) is 4.79. The van der Waals surface area contributed by atoms with E-state index in [9.17, 15) is 4.79 Å². The standard InChI is InChI=1S/C17H19N3O4/c1-11-8-12(2)20-17(19-11)18-6-3-7-22-16(21)13-4-5-14-15(9-13)24-10-23-14/h4-5,8-9H,3,6-7,10H2,1-2H3,(H,18,19,20). The van der Waals surface area contributed by atoms with Crippen molar-refractivity contribution in [2.24, 2.45) is 0 Å². The van der Waals surface area contributed by atoms with Crippen molar-refractivity contribution in [1.82, 2.24) is 9.97 Å². The first kappa shape index (κ1) is 16.0. The molecule has 24 heavy (non-hydrogen) atoms. The van der Waals surface area contributed by atoms with Crippen molar-refractivity contribution in [3.63, 3.8) is 0 Å². The first-order chi connectivity index (χ1) is 11.6. The molecule has 1 N–H and O–H groups in total. The third kappa shape index (κ3) is 3.92. The monoisotopic (exact) mass is 329 g/mol. The van der Waals surface area contributed by atoms with Gasteiger partial charge in [0.2, 0.25) is 12.7 Å². The van der Waals surface area contributed by atoms with Crippen molar-refractivity contribution in [3.8, 4) is 11.5 Å². The van der Waals surface area contributed by atoms with Crippen LogP contribution in [-0.2, 0) is 4.74 Å². The normalized spacial score (nSPS) is 12.1. The number of rotatable bonds is 6.